The van der Waals surface area contributed by atoms with Crippen molar-refractivity contribution >= 4 is 29.2 Å². The highest BCUT2D eigenvalue weighted by atomic mass is 35.5. The Labute approximate surface area is 177 Å². The third-order valence-corrected chi connectivity index (χ3v) is 5.36. The molecule has 2 aromatic heterocycles. The average molecular weight is 428 g/mol. The molecular formula is C21H19ClFN5O2. The van der Waals surface area contributed by atoms with Crippen molar-refractivity contribution in [3.05, 3.63) is 76.6 Å². The second kappa shape index (κ2) is 8.62. The maximum Gasteiger partial charge on any atom is 0.267 e. The fourth-order valence-corrected chi connectivity index (χ4v) is 3.71. The molecule has 1 aliphatic rings. The lowest BCUT2D eigenvalue weighted by molar-refractivity contribution is 0.0926. The summed E-state index contributed by atoms with van der Waals surface area (Å²) in [5.74, 6) is -0.914. The molecule has 7 nitrogen and oxygen atoms in total. The summed E-state index contributed by atoms with van der Waals surface area (Å²) in [6.45, 7) is 1.46. The van der Waals surface area contributed by atoms with E-state index >= 15 is 0 Å². The minimum atomic E-state index is -0.700. The molecule has 0 radical (unpaired) electrons. The third kappa shape index (κ3) is 4.18. The second-order valence-corrected chi connectivity index (χ2v) is 7.42. The smallest absolute Gasteiger partial charge is 0.267 e. The molecule has 154 valence electrons. The Kier molecular flexibility index (Phi) is 5.76. The number of aromatic nitrogens is 3. The van der Waals surface area contributed by atoms with E-state index in [4.69, 9.17) is 11.6 Å². The number of benzene rings is 1. The molecule has 0 aliphatic carbocycles. The maximum absolute atomic E-state index is 14.0. The van der Waals surface area contributed by atoms with Gasteiger partial charge in [0.15, 0.2) is 5.78 Å². The van der Waals surface area contributed by atoms with Gasteiger partial charge in [-0.2, -0.15) is 0 Å². The van der Waals surface area contributed by atoms with Crippen molar-refractivity contribution in [1.29, 1.82) is 0 Å². The van der Waals surface area contributed by atoms with Crippen LogP contribution in [0.25, 0.3) is 0 Å². The Morgan fingerprint density at radius 1 is 1.17 bits per heavy atom. The highest BCUT2D eigenvalue weighted by Gasteiger charge is 2.24. The molecule has 30 heavy (non-hydrogen) atoms. The summed E-state index contributed by atoms with van der Waals surface area (Å²) in [5.41, 5.74) is 0.198. The topological polar surface area (TPSA) is 91.0 Å². The van der Waals surface area contributed by atoms with E-state index < -0.39 is 11.6 Å². The van der Waals surface area contributed by atoms with Crippen LogP contribution in [0.2, 0.25) is 5.02 Å². The van der Waals surface area contributed by atoms with E-state index in [0.717, 1.165) is 25.9 Å². The zero-order valence-corrected chi connectivity index (χ0v) is 16.7. The van der Waals surface area contributed by atoms with Crippen LogP contribution in [-0.2, 0) is 0 Å². The molecule has 0 bridgehead atoms. The Bertz CT molecular complexity index is 1040. The van der Waals surface area contributed by atoms with E-state index in [1.807, 2.05) is 0 Å². The number of hydrogen-bond acceptors (Lipinski definition) is 5. The van der Waals surface area contributed by atoms with Gasteiger partial charge in [-0.15, -0.1) is 0 Å². The van der Waals surface area contributed by atoms with E-state index in [1.54, 1.807) is 18.5 Å². The first-order valence-electron chi connectivity index (χ1n) is 9.53. The highest BCUT2D eigenvalue weighted by molar-refractivity contribution is 6.35. The summed E-state index contributed by atoms with van der Waals surface area (Å²) in [6, 6.07) is 7.23. The van der Waals surface area contributed by atoms with Crippen LogP contribution in [0.3, 0.4) is 0 Å². The van der Waals surface area contributed by atoms with Gasteiger partial charge in [-0.25, -0.2) is 14.4 Å². The molecule has 1 aromatic carbocycles. The summed E-state index contributed by atoms with van der Waals surface area (Å²) in [7, 11) is 0. The summed E-state index contributed by atoms with van der Waals surface area (Å²) in [4.78, 5) is 38.5. The lowest BCUT2D eigenvalue weighted by atomic mass is 10.0. The lowest BCUT2D eigenvalue weighted by Gasteiger charge is -2.32. The SMILES string of the molecule is O=C(NC1CCN(c2ncccn2)CC1)c1cc(C(=O)c2c(F)cccc2Cl)c[nH]1. The number of halogens is 2. The van der Waals surface area contributed by atoms with Crippen LogP contribution >= 0.6 is 11.6 Å². The molecule has 3 aromatic rings. The molecule has 4 rings (SSSR count). The van der Waals surface area contributed by atoms with Crippen LogP contribution in [0, 0.1) is 5.82 Å². The Hall–Kier alpha value is -3.26. The predicted octanol–water partition coefficient (Wildman–Crippen LogP) is 3.23. The molecule has 0 saturated carbocycles. The summed E-state index contributed by atoms with van der Waals surface area (Å²) in [5, 5.41) is 3.00. The highest BCUT2D eigenvalue weighted by Crippen LogP contribution is 2.23. The Balaban J connectivity index is 1.37. The van der Waals surface area contributed by atoms with Gasteiger partial charge >= 0.3 is 0 Å². The largest absolute Gasteiger partial charge is 0.356 e. The van der Waals surface area contributed by atoms with Crippen LogP contribution in [0.15, 0.2) is 48.9 Å². The van der Waals surface area contributed by atoms with Crippen molar-refractivity contribution in [2.45, 2.75) is 18.9 Å². The van der Waals surface area contributed by atoms with Crippen molar-refractivity contribution < 1.29 is 14.0 Å². The van der Waals surface area contributed by atoms with Gasteiger partial charge in [-0.3, -0.25) is 9.59 Å². The van der Waals surface area contributed by atoms with Gasteiger partial charge in [0.1, 0.15) is 11.5 Å². The summed E-state index contributed by atoms with van der Waals surface area (Å²) >= 11 is 5.97. The number of hydrogen-bond donors (Lipinski definition) is 2. The van der Waals surface area contributed by atoms with Crippen LogP contribution in [-0.4, -0.2) is 45.8 Å². The first-order valence-corrected chi connectivity index (χ1v) is 9.90. The number of aromatic amines is 1. The standard InChI is InChI=1S/C21H19ClFN5O2/c22-15-3-1-4-16(23)18(15)19(29)13-11-17(26-12-13)20(30)27-14-5-9-28(10-6-14)21-24-7-2-8-25-21/h1-4,7-8,11-12,14,26H,5-6,9-10H2,(H,27,30). The predicted molar refractivity (Wildman–Crippen MR) is 110 cm³/mol. The average Bonchev–Trinajstić information content (AvgIpc) is 3.25. The summed E-state index contributed by atoms with van der Waals surface area (Å²) < 4.78 is 14.0. The number of carbonyl (C=O) groups is 2. The number of H-pyrrole nitrogens is 1. The molecule has 9 heteroatoms. The second-order valence-electron chi connectivity index (χ2n) is 7.01. The number of nitrogens with zero attached hydrogens (tertiary/aromatic N) is 3. The van der Waals surface area contributed by atoms with Gasteiger partial charge in [-0.05, 0) is 37.1 Å². The number of rotatable bonds is 5. The zero-order chi connectivity index (χ0) is 21.1. The molecule has 1 fully saturated rings. The quantitative estimate of drug-likeness (QED) is 0.610. The van der Waals surface area contributed by atoms with E-state index in [0.29, 0.717) is 5.95 Å². The van der Waals surface area contributed by atoms with Crippen molar-refractivity contribution in [3.63, 3.8) is 0 Å². The van der Waals surface area contributed by atoms with Gasteiger partial charge in [0.25, 0.3) is 5.91 Å². The van der Waals surface area contributed by atoms with Crippen molar-refractivity contribution in [2.24, 2.45) is 0 Å². The number of amides is 1. The number of nitrogens with one attached hydrogen (secondary N) is 2. The molecule has 0 unspecified atom stereocenters. The minimum Gasteiger partial charge on any atom is -0.356 e. The lowest BCUT2D eigenvalue weighted by Crippen LogP contribution is -2.45. The number of piperidine rings is 1. The zero-order valence-electron chi connectivity index (χ0n) is 15.9. The van der Waals surface area contributed by atoms with Gasteiger partial charge in [0.05, 0.1) is 10.6 Å². The molecule has 0 atom stereocenters. The number of carbonyl (C=O) groups excluding carboxylic acids is 2. The van der Waals surface area contributed by atoms with Crippen molar-refractivity contribution in [3.8, 4) is 0 Å². The van der Waals surface area contributed by atoms with Crippen LogP contribution in [0.5, 0.6) is 0 Å². The van der Waals surface area contributed by atoms with Gasteiger partial charge in [-0.1, -0.05) is 17.7 Å². The molecule has 1 saturated heterocycles. The van der Waals surface area contributed by atoms with E-state index in [2.05, 4.69) is 25.2 Å². The van der Waals surface area contributed by atoms with E-state index in [-0.39, 0.29) is 33.8 Å². The summed E-state index contributed by atoms with van der Waals surface area (Å²) in [6.07, 6.45) is 6.29. The number of ketones is 1. The minimum absolute atomic E-state index is 0.000857. The fraction of sp³-hybridized carbons (Fsp3) is 0.238. The third-order valence-electron chi connectivity index (χ3n) is 5.04. The molecular weight excluding hydrogens is 409 g/mol. The first-order chi connectivity index (χ1) is 14.5. The molecule has 0 spiro atoms. The molecule has 3 heterocycles. The first kappa shape index (κ1) is 20.0. The fourth-order valence-electron chi connectivity index (χ4n) is 3.46. The van der Waals surface area contributed by atoms with Gasteiger partial charge in [0, 0.05) is 43.3 Å². The van der Waals surface area contributed by atoms with Crippen molar-refractivity contribution in [1.82, 2.24) is 20.3 Å². The van der Waals surface area contributed by atoms with Crippen LogP contribution < -0.4 is 10.2 Å². The molecule has 1 amide bonds. The maximum atomic E-state index is 14.0. The van der Waals surface area contributed by atoms with Crippen molar-refractivity contribution in [2.75, 3.05) is 18.0 Å². The Morgan fingerprint density at radius 3 is 2.60 bits per heavy atom. The number of anilines is 1. The van der Waals surface area contributed by atoms with Crippen LogP contribution in [0.1, 0.15) is 39.3 Å². The Morgan fingerprint density at radius 2 is 1.90 bits per heavy atom. The van der Waals surface area contributed by atoms with E-state index in [9.17, 15) is 14.0 Å². The van der Waals surface area contributed by atoms with Gasteiger partial charge in [0.2, 0.25) is 5.95 Å². The van der Waals surface area contributed by atoms with E-state index in [1.165, 1.54) is 30.5 Å². The normalized spacial score (nSPS) is 14.5. The monoisotopic (exact) mass is 427 g/mol. The van der Waals surface area contributed by atoms with Crippen LogP contribution in [0.4, 0.5) is 10.3 Å². The molecule has 1 aliphatic heterocycles. The van der Waals surface area contributed by atoms with Gasteiger partial charge < -0.3 is 15.2 Å². The molecule has 2 N–H and O–H groups in total.